The van der Waals surface area contributed by atoms with Crippen LogP contribution in [0.2, 0.25) is 0 Å². The predicted octanol–water partition coefficient (Wildman–Crippen LogP) is 0.813. The van der Waals surface area contributed by atoms with E-state index in [0.29, 0.717) is 0 Å². The minimum Gasteiger partial charge on any atom is -0.370 e. The molecule has 3 N–H and O–H groups in total. The largest absolute Gasteiger partial charge is 0.370 e. The van der Waals surface area contributed by atoms with E-state index >= 15 is 0 Å². The van der Waals surface area contributed by atoms with Crippen LogP contribution in [0.4, 0.5) is 33.3 Å². The number of benzene rings is 1. The van der Waals surface area contributed by atoms with E-state index in [4.69, 9.17) is 10.5 Å². The molecule has 0 unspecified atom stereocenters. The number of halogens is 5. The Balaban J connectivity index is 2.20. The van der Waals surface area contributed by atoms with Crippen LogP contribution in [-0.4, -0.2) is 74.4 Å². The Hall–Kier alpha value is -2.80. The van der Waals surface area contributed by atoms with Gasteiger partial charge in [0.1, 0.15) is 12.4 Å². The van der Waals surface area contributed by atoms with Crippen LogP contribution in [0.15, 0.2) is 18.2 Å². The molecule has 1 fully saturated rings. The van der Waals surface area contributed by atoms with Gasteiger partial charge in [-0.05, 0) is 18.2 Å². The molecule has 0 aromatic heterocycles. The number of primary amides is 1. The number of hydrogen-bond donors (Lipinski definition) is 2. The Morgan fingerprint density at radius 2 is 1.83 bits per heavy atom. The van der Waals surface area contributed by atoms with E-state index in [-0.39, 0.29) is 30.3 Å². The molecule has 3 amide bonds. The summed E-state index contributed by atoms with van der Waals surface area (Å²) in [4.78, 5) is 37.3. The average Bonchev–Trinajstić information content (AvgIpc) is 2.62. The summed E-state index contributed by atoms with van der Waals surface area (Å²) < 4.78 is 70.2. The molecule has 1 saturated heterocycles. The van der Waals surface area contributed by atoms with Gasteiger partial charge in [0.05, 0.1) is 25.4 Å². The van der Waals surface area contributed by atoms with Crippen molar-refractivity contribution in [1.82, 2.24) is 4.90 Å². The Morgan fingerprint density at radius 1 is 1.20 bits per heavy atom. The Bertz CT molecular complexity index is 785. The van der Waals surface area contributed by atoms with Gasteiger partial charge < -0.3 is 20.7 Å². The predicted molar refractivity (Wildman–Crippen MR) is 94.8 cm³/mol. The molecule has 8 nitrogen and oxygen atoms in total. The van der Waals surface area contributed by atoms with Crippen LogP contribution in [0.5, 0.6) is 0 Å². The van der Waals surface area contributed by atoms with Crippen LogP contribution in [0.1, 0.15) is 0 Å². The topological polar surface area (TPSA) is 105 Å². The van der Waals surface area contributed by atoms with Gasteiger partial charge in [-0.3, -0.25) is 19.3 Å². The molecule has 0 saturated carbocycles. The quantitative estimate of drug-likeness (QED) is 0.439. The van der Waals surface area contributed by atoms with Gasteiger partial charge in [-0.25, -0.2) is 22.0 Å². The molecule has 2 rings (SSSR count). The van der Waals surface area contributed by atoms with Gasteiger partial charge in [0.15, 0.2) is 6.04 Å². The molecule has 1 aliphatic rings. The maximum Gasteiger partial charge on any atom is 0.253 e. The summed E-state index contributed by atoms with van der Waals surface area (Å²) in [5, 5.41) is 1.99. The van der Waals surface area contributed by atoms with E-state index in [9.17, 15) is 36.3 Å². The standard InChI is InChI=1S/C17H19F5N4O4/c18-10-5-9(26-3-4-30-8-14(26)27)1-2-11(10)24-17(29)15(16(23)28)25(6-12(19)20)7-13(21)22/h1-2,5,12-13,15H,3-4,6-8H2,(H2,23,28)(H,24,29)/t15-/m0/s1. The first-order valence-corrected chi connectivity index (χ1v) is 8.68. The lowest BCUT2D eigenvalue weighted by atomic mass is 10.2. The molecule has 1 aromatic rings. The highest BCUT2D eigenvalue weighted by atomic mass is 19.3. The lowest BCUT2D eigenvalue weighted by Crippen LogP contribution is -2.54. The number of carbonyl (C=O) groups is 3. The lowest BCUT2D eigenvalue weighted by Gasteiger charge is -2.28. The number of amides is 3. The molecule has 30 heavy (non-hydrogen) atoms. The molecule has 1 atom stereocenters. The summed E-state index contributed by atoms with van der Waals surface area (Å²) in [6, 6.07) is 1.15. The molecule has 0 aliphatic carbocycles. The van der Waals surface area contributed by atoms with Gasteiger partial charge >= 0.3 is 0 Å². The first-order valence-electron chi connectivity index (χ1n) is 8.68. The summed E-state index contributed by atoms with van der Waals surface area (Å²) >= 11 is 0. The zero-order valence-electron chi connectivity index (χ0n) is 15.5. The van der Waals surface area contributed by atoms with Gasteiger partial charge in [0.25, 0.3) is 24.7 Å². The number of nitrogens with two attached hydrogens (primary N) is 1. The van der Waals surface area contributed by atoms with Crippen LogP contribution >= 0.6 is 0 Å². The number of anilines is 2. The second kappa shape index (κ2) is 10.3. The highest BCUT2D eigenvalue weighted by Crippen LogP contribution is 2.24. The number of nitrogens with one attached hydrogen (secondary N) is 1. The van der Waals surface area contributed by atoms with E-state index in [2.05, 4.69) is 0 Å². The monoisotopic (exact) mass is 438 g/mol. The Morgan fingerprint density at radius 3 is 2.33 bits per heavy atom. The lowest BCUT2D eigenvalue weighted by molar-refractivity contribution is -0.134. The van der Waals surface area contributed by atoms with E-state index in [1.807, 2.05) is 5.32 Å². The summed E-state index contributed by atoms with van der Waals surface area (Å²) in [6.45, 7) is -2.37. The second-order valence-corrected chi connectivity index (χ2v) is 6.29. The molecular formula is C17H19F5N4O4. The van der Waals surface area contributed by atoms with Gasteiger partial charge in [0.2, 0.25) is 5.91 Å². The molecule has 0 radical (unpaired) electrons. The Labute approximate surface area is 167 Å². The van der Waals surface area contributed by atoms with Crippen molar-refractivity contribution < 1.29 is 41.1 Å². The minimum atomic E-state index is -3.12. The fourth-order valence-corrected chi connectivity index (χ4v) is 2.88. The first-order chi connectivity index (χ1) is 14.1. The fourth-order valence-electron chi connectivity index (χ4n) is 2.88. The summed E-state index contributed by atoms with van der Waals surface area (Å²) in [6.07, 6.45) is -6.25. The number of nitrogens with zero attached hydrogens (tertiary/aromatic N) is 2. The summed E-state index contributed by atoms with van der Waals surface area (Å²) in [5.41, 5.74) is 4.77. The van der Waals surface area contributed by atoms with Crippen LogP contribution < -0.4 is 16.0 Å². The molecule has 1 heterocycles. The van der Waals surface area contributed by atoms with Gasteiger partial charge in [-0.2, -0.15) is 0 Å². The van der Waals surface area contributed by atoms with Gasteiger partial charge in [-0.1, -0.05) is 0 Å². The number of hydrogen-bond acceptors (Lipinski definition) is 5. The molecule has 0 spiro atoms. The van der Waals surface area contributed by atoms with Crippen LogP contribution in [0.25, 0.3) is 0 Å². The first kappa shape index (κ1) is 23.5. The van der Waals surface area contributed by atoms with Crippen molar-refractivity contribution in [3.63, 3.8) is 0 Å². The van der Waals surface area contributed by atoms with Crippen molar-refractivity contribution in [1.29, 1.82) is 0 Å². The van der Waals surface area contributed by atoms with E-state index < -0.39 is 61.2 Å². The molecular weight excluding hydrogens is 419 g/mol. The van der Waals surface area contributed by atoms with Gasteiger partial charge in [-0.15, -0.1) is 0 Å². The van der Waals surface area contributed by atoms with Crippen LogP contribution in [0, 0.1) is 5.82 Å². The summed E-state index contributed by atoms with van der Waals surface area (Å²) in [5.74, 6) is -4.21. The minimum absolute atomic E-state index is 0.176. The molecule has 0 bridgehead atoms. The van der Waals surface area contributed by atoms with E-state index in [0.717, 1.165) is 12.1 Å². The van der Waals surface area contributed by atoms with Crippen molar-refractivity contribution in [3.05, 3.63) is 24.0 Å². The maximum absolute atomic E-state index is 14.4. The molecule has 166 valence electrons. The Kier molecular flexibility index (Phi) is 8.06. The van der Waals surface area contributed by atoms with Gasteiger partial charge in [0, 0.05) is 12.2 Å². The van der Waals surface area contributed by atoms with E-state index in [1.54, 1.807) is 0 Å². The van der Waals surface area contributed by atoms with E-state index in [1.165, 1.54) is 11.0 Å². The average molecular weight is 438 g/mol. The third kappa shape index (κ3) is 6.10. The zero-order valence-corrected chi connectivity index (χ0v) is 15.5. The highest BCUT2D eigenvalue weighted by Gasteiger charge is 2.35. The smallest absolute Gasteiger partial charge is 0.253 e. The van der Waals surface area contributed by atoms with Crippen molar-refractivity contribution in [2.75, 3.05) is 43.1 Å². The number of morpholine rings is 1. The second-order valence-electron chi connectivity index (χ2n) is 6.29. The number of carbonyl (C=O) groups excluding carboxylic acids is 3. The molecule has 1 aliphatic heterocycles. The number of rotatable bonds is 9. The van der Waals surface area contributed by atoms with Crippen molar-refractivity contribution in [3.8, 4) is 0 Å². The zero-order chi connectivity index (χ0) is 22.4. The normalized spacial score (nSPS) is 15.7. The van der Waals surface area contributed by atoms with Crippen molar-refractivity contribution in [2.24, 2.45) is 5.73 Å². The van der Waals surface area contributed by atoms with Crippen LogP contribution in [0.3, 0.4) is 0 Å². The SMILES string of the molecule is NC(=O)[C@@H](C(=O)Nc1ccc(N2CCOCC2=O)cc1F)N(CC(F)F)CC(F)F. The number of ether oxygens (including phenoxy) is 1. The van der Waals surface area contributed by atoms with Crippen molar-refractivity contribution in [2.45, 2.75) is 18.9 Å². The maximum atomic E-state index is 14.4. The molecule has 1 aromatic carbocycles. The van der Waals surface area contributed by atoms with Crippen LogP contribution in [-0.2, 0) is 19.1 Å². The van der Waals surface area contributed by atoms with Crippen molar-refractivity contribution >= 4 is 29.1 Å². The molecule has 13 heteroatoms. The third-order valence-corrected chi connectivity index (χ3v) is 4.14. The fraction of sp³-hybridized carbons (Fsp3) is 0.471. The third-order valence-electron chi connectivity index (χ3n) is 4.14. The summed E-state index contributed by atoms with van der Waals surface area (Å²) in [7, 11) is 0. The number of alkyl halides is 4. The highest BCUT2D eigenvalue weighted by molar-refractivity contribution is 6.09.